The minimum Gasteiger partial charge on any atom is -0.396 e. The first kappa shape index (κ1) is 9.21. The highest BCUT2D eigenvalue weighted by Gasteiger charge is 2.18. The predicted octanol–water partition coefficient (Wildman–Crippen LogP) is 0.881. The van der Waals surface area contributed by atoms with Crippen molar-refractivity contribution in [3.05, 3.63) is 36.7 Å². The zero-order valence-electron chi connectivity index (χ0n) is 8.87. The van der Waals surface area contributed by atoms with Gasteiger partial charge in [-0.2, -0.15) is 0 Å². The molecule has 0 bridgehead atoms. The highest BCUT2D eigenvalue weighted by Crippen LogP contribution is 2.24. The molecule has 0 unspecified atom stereocenters. The maximum atomic E-state index is 5.92. The van der Waals surface area contributed by atoms with E-state index in [1.54, 1.807) is 12.4 Å². The maximum Gasteiger partial charge on any atom is 0.128 e. The van der Waals surface area contributed by atoms with Crippen molar-refractivity contribution < 1.29 is 0 Å². The molecule has 0 atom stereocenters. The third kappa shape index (κ3) is 1.41. The molecular formula is C11H13N5. The molecular weight excluding hydrogens is 202 g/mol. The van der Waals surface area contributed by atoms with E-state index in [0.29, 0.717) is 0 Å². The molecule has 0 aliphatic carbocycles. The summed E-state index contributed by atoms with van der Waals surface area (Å²) in [4.78, 5) is 10.6. The van der Waals surface area contributed by atoms with Crippen LogP contribution in [0, 0.1) is 0 Å². The number of nitrogen functional groups attached to an aromatic ring is 1. The second-order valence-electron chi connectivity index (χ2n) is 3.89. The summed E-state index contributed by atoms with van der Waals surface area (Å²) in [5.41, 5.74) is 7.69. The Hall–Kier alpha value is -2.04. The zero-order valence-corrected chi connectivity index (χ0v) is 8.87. The van der Waals surface area contributed by atoms with Gasteiger partial charge in [-0.3, -0.25) is 4.98 Å². The van der Waals surface area contributed by atoms with E-state index in [2.05, 4.69) is 19.4 Å². The van der Waals surface area contributed by atoms with Gasteiger partial charge < -0.3 is 15.2 Å². The first-order valence-corrected chi connectivity index (χ1v) is 5.29. The van der Waals surface area contributed by atoms with Crippen molar-refractivity contribution in [1.82, 2.24) is 14.5 Å². The van der Waals surface area contributed by atoms with E-state index >= 15 is 0 Å². The van der Waals surface area contributed by atoms with Crippen LogP contribution in [0.1, 0.15) is 5.82 Å². The number of pyridine rings is 1. The largest absolute Gasteiger partial charge is 0.396 e. The zero-order chi connectivity index (χ0) is 11.0. The number of nitrogens with zero attached hydrogens (tertiary/aromatic N) is 4. The fourth-order valence-electron chi connectivity index (χ4n) is 2.07. The minimum absolute atomic E-state index is 0.725. The van der Waals surface area contributed by atoms with E-state index in [1.807, 2.05) is 18.5 Å². The first-order chi connectivity index (χ1) is 7.84. The summed E-state index contributed by atoms with van der Waals surface area (Å²) in [5, 5.41) is 0. The summed E-state index contributed by atoms with van der Waals surface area (Å²) >= 11 is 0. The molecule has 82 valence electrons. The molecule has 16 heavy (non-hydrogen) atoms. The summed E-state index contributed by atoms with van der Waals surface area (Å²) < 4.78 is 2.17. The van der Waals surface area contributed by atoms with Crippen LogP contribution in [0.15, 0.2) is 30.9 Å². The first-order valence-electron chi connectivity index (χ1n) is 5.29. The van der Waals surface area contributed by atoms with E-state index in [-0.39, 0.29) is 0 Å². The third-order valence-corrected chi connectivity index (χ3v) is 2.91. The van der Waals surface area contributed by atoms with Gasteiger partial charge in [0.25, 0.3) is 0 Å². The number of anilines is 2. The number of aromatic nitrogens is 3. The molecule has 5 heteroatoms. The lowest BCUT2D eigenvalue weighted by molar-refractivity contribution is 0.560. The van der Waals surface area contributed by atoms with Crippen LogP contribution in [0.3, 0.4) is 0 Å². The fourth-order valence-corrected chi connectivity index (χ4v) is 2.07. The second-order valence-corrected chi connectivity index (χ2v) is 3.89. The summed E-state index contributed by atoms with van der Waals surface area (Å²) in [7, 11) is 0. The van der Waals surface area contributed by atoms with Crippen LogP contribution < -0.4 is 10.6 Å². The number of imidazole rings is 1. The lowest BCUT2D eigenvalue weighted by Crippen LogP contribution is -2.34. The van der Waals surface area contributed by atoms with Gasteiger partial charge in [0.2, 0.25) is 0 Å². The Kier molecular flexibility index (Phi) is 2.02. The lowest BCUT2D eigenvalue weighted by atomic mass is 10.2. The molecule has 3 rings (SSSR count). The topological polar surface area (TPSA) is 60.0 Å². The fraction of sp³-hybridized carbons (Fsp3) is 0.273. The average Bonchev–Trinajstić information content (AvgIpc) is 2.76. The summed E-state index contributed by atoms with van der Waals surface area (Å²) in [6, 6.07) is 1.95. The van der Waals surface area contributed by atoms with Crippen molar-refractivity contribution in [2.45, 2.75) is 13.1 Å². The van der Waals surface area contributed by atoms with Crippen molar-refractivity contribution in [2.75, 3.05) is 17.2 Å². The van der Waals surface area contributed by atoms with E-state index in [1.165, 1.54) is 0 Å². The number of fused-ring (bicyclic) bond motifs is 1. The third-order valence-electron chi connectivity index (χ3n) is 2.91. The number of rotatable bonds is 1. The second kappa shape index (κ2) is 3.52. The van der Waals surface area contributed by atoms with E-state index in [9.17, 15) is 0 Å². The molecule has 3 heterocycles. The Balaban J connectivity index is 1.92. The standard InChI is InChI=1S/C11H13N5/c12-9-7-13-2-1-10(9)16-6-5-15-4-3-14-11(15)8-16/h1-4,7H,5-6,8,12H2. The Morgan fingerprint density at radius 3 is 3.06 bits per heavy atom. The molecule has 2 N–H and O–H groups in total. The Labute approximate surface area is 93.5 Å². The van der Waals surface area contributed by atoms with Gasteiger partial charge in [0.15, 0.2) is 0 Å². The number of nitrogens with two attached hydrogens (primary N) is 1. The quantitative estimate of drug-likeness (QED) is 0.767. The molecule has 5 nitrogen and oxygen atoms in total. The van der Waals surface area contributed by atoms with Crippen LogP contribution in [0.4, 0.5) is 11.4 Å². The highest BCUT2D eigenvalue weighted by molar-refractivity contribution is 5.66. The number of hydrogen-bond acceptors (Lipinski definition) is 4. The smallest absolute Gasteiger partial charge is 0.128 e. The molecule has 2 aromatic rings. The van der Waals surface area contributed by atoms with Crippen LogP contribution in [0.25, 0.3) is 0 Å². The summed E-state index contributed by atoms with van der Waals surface area (Å²) in [5.74, 6) is 1.09. The molecule has 0 saturated heterocycles. The van der Waals surface area contributed by atoms with Gasteiger partial charge in [-0.05, 0) is 6.07 Å². The van der Waals surface area contributed by atoms with Crippen LogP contribution in [0.5, 0.6) is 0 Å². The van der Waals surface area contributed by atoms with Crippen molar-refractivity contribution in [3.63, 3.8) is 0 Å². The van der Waals surface area contributed by atoms with E-state index in [0.717, 1.165) is 36.8 Å². The van der Waals surface area contributed by atoms with E-state index in [4.69, 9.17) is 5.73 Å². The molecule has 0 spiro atoms. The van der Waals surface area contributed by atoms with Gasteiger partial charge in [0.05, 0.1) is 24.1 Å². The minimum atomic E-state index is 0.725. The van der Waals surface area contributed by atoms with Gasteiger partial charge in [-0.1, -0.05) is 0 Å². The molecule has 0 radical (unpaired) electrons. The molecule has 1 aliphatic rings. The monoisotopic (exact) mass is 215 g/mol. The summed E-state index contributed by atoms with van der Waals surface area (Å²) in [6.07, 6.45) is 7.32. The van der Waals surface area contributed by atoms with Gasteiger partial charge in [0.1, 0.15) is 5.82 Å². The normalized spacial score (nSPS) is 14.9. The van der Waals surface area contributed by atoms with Gasteiger partial charge in [-0.15, -0.1) is 0 Å². The molecule has 1 aliphatic heterocycles. The highest BCUT2D eigenvalue weighted by atomic mass is 15.2. The molecule has 0 saturated carbocycles. The van der Waals surface area contributed by atoms with Crippen molar-refractivity contribution in [3.8, 4) is 0 Å². The van der Waals surface area contributed by atoms with Crippen molar-refractivity contribution in [1.29, 1.82) is 0 Å². The van der Waals surface area contributed by atoms with Gasteiger partial charge in [-0.25, -0.2) is 4.98 Å². The predicted molar refractivity (Wildman–Crippen MR) is 61.9 cm³/mol. The van der Waals surface area contributed by atoms with Crippen LogP contribution in [-0.4, -0.2) is 21.1 Å². The van der Waals surface area contributed by atoms with Crippen LogP contribution in [-0.2, 0) is 13.1 Å². The molecule has 0 amide bonds. The molecule has 0 aromatic carbocycles. The van der Waals surface area contributed by atoms with Gasteiger partial charge in [0, 0.05) is 31.7 Å². The van der Waals surface area contributed by atoms with Crippen molar-refractivity contribution >= 4 is 11.4 Å². The van der Waals surface area contributed by atoms with Crippen molar-refractivity contribution in [2.24, 2.45) is 0 Å². The Morgan fingerprint density at radius 1 is 1.25 bits per heavy atom. The number of hydrogen-bond donors (Lipinski definition) is 1. The lowest BCUT2D eigenvalue weighted by Gasteiger charge is -2.30. The Bertz CT molecular complexity index is 505. The summed E-state index contributed by atoms with van der Waals surface area (Å²) in [6.45, 7) is 2.72. The SMILES string of the molecule is Nc1cnccc1N1CCn2ccnc2C1. The van der Waals surface area contributed by atoms with E-state index < -0.39 is 0 Å². The maximum absolute atomic E-state index is 5.92. The molecule has 2 aromatic heterocycles. The van der Waals surface area contributed by atoms with Crippen LogP contribution >= 0.6 is 0 Å². The average molecular weight is 215 g/mol. The molecule has 0 fully saturated rings. The van der Waals surface area contributed by atoms with Crippen LogP contribution in [0.2, 0.25) is 0 Å². The Morgan fingerprint density at radius 2 is 2.19 bits per heavy atom. The van der Waals surface area contributed by atoms with Gasteiger partial charge >= 0.3 is 0 Å².